The second-order valence-corrected chi connectivity index (χ2v) is 5.18. The molecular formula is C15H15N3O2S. The first-order valence-corrected chi connectivity index (χ1v) is 7.68. The van der Waals surface area contributed by atoms with Crippen molar-refractivity contribution in [2.75, 3.05) is 13.4 Å². The van der Waals surface area contributed by atoms with E-state index in [1.54, 1.807) is 25.1 Å². The number of rotatable bonds is 5. The highest BCUT2D eigenvalue weighted by atomic mass is 32.2. The Morgan fingerprint density at radius 2 is 2.14 bits per heavy atom. The van der Waals surface area contributed by atoms with Crippen molar-refractivity contribution in [1.82, 2.24) is 14.8 Å². The van der Waals surface area contributed by atoms with E-state index >= 15 is 0 Å². The molecule has 0 N–H and O–H groups in total. The molecule has 0 spiro atoms. The Morgan fingerprint density at radius 1 is 1.24 bits per heavy atom. The first kappa shape index (κ1) is 13.8. The van der Waals surface area contributed by atoms with Crippen LogP contribution in [-0.4, -0.2) is 28.1 Å². The molecule has 5 nitrogen and oxygen atoms in total. The summed E-state index contributed by atoms with van der Waals surface area (Å²) in [6, 6.07) is 11.6. The average Bonchev–Trinajstić information content (AvgIpc) is 3.17. The topological polar surface area (TPSA) is 53.1 Å². The molecule has 0 unspecified atom stereocenters. The van der Waals surface area contributed by atoms with Crippen molar-refractivity contribution in [2.45, 2.75) is 11.7 Å². The minimum atomic E-state index is 0.600. The van der Waals surface area contributed by atoms with E-state index in [2.05, 4.69) is 10.2 Å². The summed E-state index contributed by atoms with van der Waals surface area (Å²) >= 11 is 1.56. The number of hydrogen-bond donors (Lipinski definition) is 0. The largest absolute Gasteiger partial charge is 0.497 e. The van der Waals surface area contributed by atoms with Crippen LogP contribution in [0.3, 0.4) is 0 Å². The van der Waals surface area contributed by atoms with Crippen molar-refractivity contribution in [3.63, 3.8) is 0 Å². The van der Waals surface area contributed by atoms with E-state index in [1.807, 2.05) is 47.2 Å². The summed E-state index contributed by atoms with van der Waals surface area (Å²) in [7, 11) is 1.65. The number of thioether (sulfide) groups is 1. The summed E-state index contributed by atoms with van der Waals surface area (Å²) in [6.45, 7) is 0.600. The molecule has 3 rings (SSSR count). The SMILES string of the molecule is COc1cccc(-c2nnc(SC)n2Cc2ccco2)c1. The summed E-state index contributed by atoms with van der Waals surface area (Å²) in [6.07, 6.45) is 3.65. The lowest BCUT2D eigenvalue weighted by Crippen LogP contribution is -2.03. The summed E-state index contributed by atoms with van der Waals surface area (Å²) in [5.74, 6) is 2.47. The maximum atomic E-state index is 5.43. The number of methoxy groups -OCH3 is 1. The molecule has 0 aliphatic heterocycles. The van der Waals surface area contributed by atoms with Crippen LogP contribution in [0.1, 0.15) is 5.76 Å². The van der Waals surface area contributed by atoms with Gasteiger partial charge in [0.1, 0.15) is 11.5 Å². The number of ether oxygens (including phenoxy) is 1. The monoisotopic (exact) mass is 301 g/mol. The van der Waals surface area contributed by atoms with Crippen LogP contribution in [-0.2, 0) is 6.54 Å². The van der Waals surface area contributed by atoms with E-state index in [0.29, 0.717) is 6.54 Å². The zero-order valence-electron chi connectivity index (χ0n) is 11.8. The van der Waals surface area contributed by atoms with E-state index in [-0.39, 0.29) is 0 Å². The van der Waals surface area contributed by atoms with Crippen LogP contribution in [0.4, 0.5) is 0 Å². The van der Waals surface area contributed by atoms with Gasteiger partial charge >= 0.3 is 0 Å². The first-order chi connectivity index (χ1) is 10.3. The molecule has 0 saturated carbocycles. The van der Waals surface area contributed by atoms with Gasteiger partial charge in [0, 0.05) is 5.56 Å². The third-order valence-electron chi connectivity index (χ3n) is 3.12. The quantitative estimate of drug-likeness (QED) is 0.677. The molecule has 0 bridgehead atoms. The highest BCUT2D eigenvalue weighted by Crippen LogP contribution is 2.26. The Hall–Kier alpha value is -2.21. The first-order valence-electron chi connectivity index (χ1n) is 6.46. The van der Waals surface area contributed by atoms with Crippen LogP contribution in [0.15, 0.2) is 52.2 Å². The van der Waals surface area contributed by atoms with Gasteiger partial charge in [-0.05, 0) is 30.5 Å². The molecule has 0 amide bonds. The normalized spacial score (nSPS) is 10.8. The van der Waals surface area contributed by atoms with Crippen LogP contribution in [0.2, 0.25) is 0 Å². The minimum Gasteiger partial charge on any atom is -0.497 e. The standard InChI is InChI=1S/C15H15N3O2S/c1-19-12-6-3-5-11(9-12)14-16-17-15(21-2)18(14)10-13-7-4-8-20-13/h3-9H,10H2,1-2H3. The molecule has 0 atom stereocenters. The Labute approximate surface area is 126 Å². The number of benzene rings is 1. The maximum absolute atomic E-state index is 5.43. The number of furan rings is 1. The van der Waals surface area contributed by atoms with Gasteiger partial charge in [0.25, 0.3) is 0 Å². The zero-order valence-corrected chi connectivity index (χ0v) is 12.6. The molecule has 6 heteroatoms. The molecule has 2 aromatic heterocycles. The number of nitrogens with zero attached hydrogens (tertiary/aromatic N) is 3. The zero-order chi connectivity index (χ0) is 14.7. The van der Waals surface area contributed by atoms with E-state index in [9.17, 15) is 0 Å². The highest BCUT2D eigenvalue weighted by Gasteiger charge is 2.15. The Bertz CT molecular complexity index is 722. The smallest absolute Gasteiger partial charge is 0.191 e. The fourth-order valence-electron chi connectivity index (χ4n) is 2.12. The molecule has 0 radical (unpaired) electrons. The third-order valence-corrected chi connectivity index (χ3v) is 3.79. The second-order valence-electron chi connectivity index (χ2n) is 4.41. The fraction of sp³-hybridized carbons (Fsp3) is 0.200. The molecule has 0 aliphatic rings. The molecule has 2 heterocycles. The molecule has 0 aliphatic carbocycles. The van der Waals surface area contributed by atoms with Crippen LogP contribution >= 0.6 is 11.8 Å². The van der Waals surface area contributed by atoms with Crippen LogP contribution in [0.5, 0.6) is 5.75 Å². The van der Waals surface area contributed by atoms with Gasteiger partial charge in [-0.15, -0.1) is 10.2 Å². The van der Waals surface area contributed by atoms with Crippen molar-refractivity contribution >= 4 is 11.8 Å². The second kappa shape index (κ2) is 6.05. The van der Waals surface area contributed by atoms with Gasteiger partial charge < -0.3 is 9.15 Å². The van der Waals surface area contributed by atoms with Gasteiger partial charge in [0.15, 0.2) is 11.0 Å². The lowest BCUT2D eigenvalue weighted by molar-refractivity contribution is 0.415. The predicted molar refractivity (Wildman–Crippen MR) is 81.6 cm³/mol. The molecule has 0 saturated heterocycles. The molecule has 1 aromatic carbocycles. The van der Waals surface area contributed by atoms with E-state index in [0.717, 1.165) is 28.1 Å². The molecule has 0 fully saturated rings. The minimum absolute atomic E-state index is 0.600. The maximum Gasteiger partial charge on any atom is 0.191 e. The number of hydrogen-bond acceptors (Lipinski definition) is 5. The van der Waals surface area contributed by atoms with Gasteiger partial charge in [-0.3, -0.25) is 4.57 Å². The summed E-state index contributed by atoms with van der Waals surface area (Å²) in [4.78, 5) is 0. The van der Waals surface area contributed by atoms with Gasteiger partial charge in [-0.25, -0.2) is 0 Å². The van der Waals surface area contributed by atoms with Crippen LogP contribution < -0.4 is 4.74 Å². The van der Waals surface area contributed by atoms with Crippen molar-refractivity contribution < 1.29 is 9.15 Å². The summed E-state index contributed by atoms with van der Waals surface area (Å²) < 4.78 is 12.7. The molecule has 3 aromatic rings. The third kappa shape index (κ3) is 2.80. The lowest BCUT2D eigenvalue weighted by atomic mass is 10.2. The Kier molecular flexibility index (Phi) is 3.96. The molecule has 108 valence electrons. The highest BCUT2D eigenvalue weighted by molar-refractivity contribution is 7.98. The Morgan fingerprint density at radius 3 is 2.86 bits per heavy atom. The van der Waals surface area contributed by atoms with Gasteiger partial charge in [-0.1, -0.05) is 23.9 Å². The van der Waals surface area contributed by atoms with E-state index in [1.165, 1.54) is 0 Å². The van der Waals surface area contributed by atoms with Gasteiger partial charge in [0.2, 0.25) is 0 Å². The average molecular weight is 301 g/mol. The van der Waals surface area contributed by atoms with Gasteiger partial charge in [0.05, 0.1) is 19.9 Å². The predicted octanol–water partition coefficient (Wildman–Crippen LogP) is 3.32. The summed E-state index contributed by atoms with van der Waals surface area (Å²) in [5, 5.41) is 9.40. The fourth-order valence-corrected chi connectivity index (χ4v) is 2.61. The molecular weight excluding hydrogens is 286 g/mol. The van der Waals surface area contributed by atoms with Crippen molar-refractivity contribution in [2.24, 2.45) is 0 Å². The van der Waals surface area contributed by atoms with E-state index in [4.69, 9.17) is 9.15 Å². The Balaban J connectivity index is 2.03. The summed E-state index contributed by atoms with van der Waals surface area (Å²) in [5.41, 5.74) is 0.966. The van der Waals surface area contributed by atoms with E-state index < -0.39 is 0 Å². The molecule has 21 heavy (non-hydrogen) atoms. The van der Waals surface area contributed by atoms with Crippen LogP contribution in [0.25, 0.3) is 11.4 Å². The van der Waals surface area contributed by atoms with Crippen molar-refractivity contribution in [1.29, 1.82) is 0 Å². The van der Waals surface area contributed by atoms with Crippen LogP contribution in [0, 0.1) is 0 Å². The van der Waals surface area contributed by atoms with Gasteiger partial charge in [-0.2, -0.15) is 0 Å². The van der Waals surface area contributed by atoms with Crippen molar-refractivity contribution in [3.05, 3.63) is 48.4 Å². The number of aromatic nitrogens is 3. The van der Waals surface area contributed by atoms with Crippen molar-refractivity contribution in [3.8, 4) is 17.1 Å². The lowest BCUT2D eigenvalue weighted by Gasteiger charge is -2.08.